The fourth-order valence-corrected chi connectivity index (χ4v) is 6.14. The Bertz CT molecular complexity index is 934. The zero-order valence-electron chi connectivity index (χ0n) is 17.7. The van der Waals surface area contributed by atoms with E-state index in [0.717, 1.165) is 48.9 Å². The van der Waals surface area contributed by atoms with Crippen molar-refractivity contribution in [2.24, 2.45) is 11.8 Å². The van der Waals surface area contributed by atoms with E-state index in [9.17, 15) is 9.59 Å². The first-order valence-corrected chi connectivity index (χ1v) is 12.0. The molecule has 0 aliphatic carbocycles. The summed E-state index contributed by atoms with van der Waals surface area (Å²) in [7, 11) is 0. The highest BCUT2D eigenvalue weighted by molar-refractivity contribution is 7.09. The number of rotatable bonds is 5. The minimum Gasteiger partial charge on any atom is -0.354 e. The number of aromatic nitrogens is 3. The van der Waals surface area contributed by atoms with E-state index in [2.05, 4.69) is 25.4 Å². The maximum absolute atomic E-state index is 13.3. The summed E-state index contributed by atoms with van der Waals surface area (Å²) in [6, 6.07) is 3.71. The molecule has 0 spiro atoms. The van der Waals surface area contributed by atoms with E-state index in [0.29, 0.717) is 25.3 Å². The molecule has 0 saturated carbocycles. The second kappa shape index (κ2) is 8.53. The van der Waals surface area contributed by atoms with Crippen molar-refractivity contribution in [3.63, 3.8) is 0 Å². The Morgan fingerprint density at radius 2 is 2.13 bits per heavy atom. The van der Waals surface area contributed by atoms with Gasteiger partial charge in [-0.05, 0) is 44.2 Å². The summed E-state index contributed by atoms with van der Waals surface area (Å²) < 4.78 is 0. The van der Waals surface area contributed by atoms with E-state index in [1.165, 1.54) is 0 Å². The number of carbonyl (C=O) groups excluding carboxylic acids is 2. The van der Waals surface area contributed by atoms with Crippen LogP contribution in [0.1, 0.15) is 36.4 Å². The molecule has 9 heteroatoms. The summed E-state index contributed by atoms with van der Waals surface area (Å²) in [5.41, 5.74) is 0.891. The Kier molecular flexibility index (Phi) is 5.60. The van der Waals surface area contributed by atoms with Crippen molar-refractivity contribution in [3.05, 3.63) is 34.4 Å². The molecule has 3 fully saturated rings. The maximum atomic E-state index is 13.3. The van der Waals surface area contributed by atoms with Crippen LogP contribution < -0.4 is 10.2 Å². The van der Waals surface area contributed by atoms with Crippen LogP contribution in [0.4, 0.5) is 5.82 Å². The summed E-state index contributed by atoms with van der Waals surface area (Å²) in [4.78, 5) is 34.8. The van der Waals surface area contributed by atoms with Crippen molar-refractivity contribution < 1.29 is 9.59 Å². The molecule has 2 aromatic heterocycles. The third-order valence-corrected chi connectivity index (χ3v) is 7.68. The van der Waals surface area contributed by atoms with Gasteiger partial charge in [-0.15, -0.1) is 16.4 Å². The van der Waals surface area contributed by atoms with Crippen molar-refractivity contribution in [2.75, 3.05) is 24.5 Å². The summed E-state index contributed by atoms with van der Waals surface area (Å²) in [6.07, 6.45) is 5.90. The third kappa shape index (κ3) is 4.03. The number of fused-ring (bicyclic) bond motifs is 4. The number of thiazole rings is 1. The number of aryl methyl sites for hydroxylation is 1. The molecule has 164 valence electrons. The Labute approximate surface area is 186 Å². The summed E-state index contributed by atoms with van der Waals surface area (Å²) >= 11 is 1.60. The third-order valence-electron chi connectivity index (χ3n) is 6.84. The lowest BCUT2D eigenvalue weighted by atomic mass is 9.71. The molecule has 3 saturated heterocycles. The van der Waals surface area contributed by atoms with E-state index < -0.39 is 6.04 Å². The predicted octanol–water partition coefficient (Wildman–Crippen LogP) is 1.81. The maximum Gasteiger partial charge on any atom is 0.243 e. The Hall–Kier alpha value is -2.55. The summed E-state index contributed by atoms with van der Waals surface area (Å²) in [5.74, 6) is 1.43. The van der Waals surface area contributed by atoms with Gasteiger partial charge >= 0.3 is 0 Å². The van der Waals surface area contributed by atoms with Crippen molar-refractivity contribution in [1.29, 1.82) is 0 Å². The van der Waals surface area contributed by atoms with Crippen LogP contribution >= 0.6 is 11.3 Å². The van der Waals surface area contributed by atoms with Gasteiger partial charge in [0, 0.05) is 56.0 Å². The number of hydrogen-bond acceptors (Lipinski definition) is 7. The first-order chi connectivity index (χ1) is 15.1. The monoisotopic (exact) mass is 440 g/mol. The molecule has 3 aliphatic rings. The van der Waals surface area contributed by atoms with Crippen LogP contribution in [0.25, 0.3) is 0 Å². The number of anilines is 1. The van der Waals surface area contributed by atoms with Gasteiger partial charge < -0.3 is 15.1 Å². The minimum atomic E-state index is -0.411. The highest BCUT2D eigenvalue weighted by Crippen LogP contribution is 2.42. The minimum absolute atomic E-state index is 0.0305. The molecular weight excluding hydrogens is 412 g/mol. The van der Waals surface area contributed by atoms with Crippen molar-refractivity contribution in [3.8, 4) is 0 Å². The molecule has 5 heterocycles. The van der Waals surface area contributed by atoms with E-state index in [-0.39, 0.29) is 23.8 Å². The molecule has 1 N–H and O–H groups in total. The average Bonchev–Trinajstić information content (AvgIpc) is 3.28. The largest absolute Gasteiger partial charge is 0.354 e. The van der Waals surface area contributed by atoms with Crippen LogP contribution in [-0.2, 0) is 16.0 Å². The van der Waals surface area contributed by atoms with Crippen LogP contribution in [0.3, 0.4) is 0 Å². The Morgan fingerprint density at radius 3 is 2.90 bits per heavy atom. The number of piperidine rings is 3. The summed E-state index contributed by atoms with van der Waals surface area (Å²) in [5, 5.41) is 14.7. The van der Waals surface area contributed by atoms with Crippen LogP contribution in [-0.4, -0.2) is 63.6 Å². The smallest absolute Gasteiger partial charge is 0.243 e. The van der Waals surface area contributed by atoms with Crippen molar-refractivity contribution in [2.45, 2.75) is 51.1 Å². The molecule has 2 aromatic rings. The summed E-state index contributed by atoms with van der Waals surface area (Å²) in [6.45, 7) is 4.05. The van der Waals surface area contributed by atoms with Crippen LogP contribution in [0.2, 0.25) is 0 Å². The SMILES string of the molecule is Cc1ccc(N2C[C@H]3C[C@@H](C2)[C@H](C(=O)NCCc2nccs2)N2C(=O)CCC[C@@H]32)nn1. The fourth-order valence-electron chi connectivity index (χ4n) is 5.51. The van der Waals surface area contributed by atoms with Gasteiger partial charge in [-0.3, -0.25) is 9.59 Å². The number of amides is 2. The van der Waals surface area contributed by atoms with Gasteiger partial charge in [0.05, 0.1) is 10.7 Å². The molecule has 8 nitrogen and oxygen atoms in total. The number of carbonyl (C=O) groups is 2. The van der Waals surface area contributed by atoms with Crippen molar-refractivity contribution >= 4 is 29.0 Å². The zero-order chi connectivity index (χ0) is 21.4. The molecule has 4 atom stereocenters. The lowest BCUT2D eigenvalue weighted by molar-refractivity contribution is -0.156. The Balaban J connectivity index is 1.36. The molecule has 2 amide bonds. The number of hydrogen-bond donors (Lipinski definition) is 1. The standard InChI is InChI=1S/C22H28N6O2S/c1-14-5-6-18(26-25-14)27-12-15-11-16(13-27)21(28-17(15)3-2-4-20(28)29)22(30)24-8-7-19-23-9-10-31-19/h5-6,9-10,15-17,21H,2-4,7-8,11-13H2,1H3,(H,24,30)/t15-,16+,17+,21-/m1/s1. The normalized spacial score (nSPS) is 27.7. The van der Waals surface area contributed by atoms with E-state index in [4.69, 9.17) is 0 Å². The average molecular weight is 441 g/mol. The van der Waals surface area contributed by atoms with Crippen LogP contribution in [0, 0.1) is 18.8 Å². The van der Waals surface area contributed by atoms with Gasteiger partial charge in [-0.2, -0.15) is 5.10 Å². The number of nitrogens with one attached hydrogen (secondary N) is 1. The molecule has 2 bridgehead atoms. The van der Waals surface area contributed by atoms with Gasteiger partial charge in [-0.25, -0.2) is 4.98 Å². The van der Waals surface area contributed by atoms with Crippen LogP contribution in [0.15, 0.2) is 23.7 Å². The number of nitrogens with zero attached hydrogens (tertiary/aromatic N) is 5. The molecule has 0 radical (unpaired) electrons. The second-order valence-corrected chi connectivity index (χ2v) is 9.85. The first-order valence-electron chi connectivity index (χ1n) is 11.1. The highest BCUT2D eigenvalue weighted by atomic mass is 32.1. The molecule has 0 aromatic carbocycles. The lowest BCUT2D eigenvalue weighted by Crippen LogP contribution is -2.68. The molecule has 3 aliphatic heterocycles. The molecular formula is C22H28N6O2S. The topological polar surface area (TPSA) is 91.3 Å². The van der Waals surface area contributed by atoms with Crippen molar-refractivity contribution in [1.82, 2.24) is 25.4 Å². The second-order valence-electron chi connectivity index (χ2n) is 8.87. The van der Waals surface area contributed by atoms with Crippen LogP contribution in [0.5, 0.6) is 0 Å². The van der Waals surface area contributed by atoms with Gasteiger partial charge in [0.25, 0.3) is 0 Å². The van der Waals surface area contributed by atoms with Gasteiger partial charge in [0.2, 0.25) is 11.8 Å². The van der Waals surface area contributed by atoms with Gasteiger partial charge in [0.15, 0.2) is 5.82 Å². The van der Waals surface area contributed by atoms with E-state index in [1.54, 1.807) is 17.5 Å². The van der Waals surface area contributed by atoms with Gasteiger partial charge in [-0.1, -0.05) is 0 Å². The lowest BCUT2D eigenvalue weighted by Gasteiger charge is -2.56. The van der Waals surface area contributed by atoms with E-state index >= 15 is 0 Å². The quantitative estimate of drug-likeness (QED) is 0.763. The fraction of sp³-hybridized carbons (Fsp3) is 0.591. The highest BCUT2D eigenvalue weighted by Gasteiger charge is 2.52. The van der Waals surface area contributed by atoms with E-state index in [1.807, 2.05) is 29.3 Å². The molecule has 5 rings (SSSR count). The Morgan fingerprint density at radius 1 is 1.26 bits per heavy atom. The molecule has 31 heavy (non-hydrogen) atoms. The first kappa shape index (κ1) is 20.4. The predicted molar refractivity (Wildman–Crippen MR) is 118 cm³/mol. The van der Waals surface area contributed by atoms with Gasteiger partial charge in [0.1, 0.15) is 6.04 Å². The molecule has 0 unspecified atom stereocenters. The zero-order valence-corrected chi connectivity index (χ0v) is 18.6.